The lowest BCUT2D eigenvalue weighted by Crippen LogP contribution is -2.12. The fourth-order valence-corrected chi connectivity index (χ4v) is 1.94. The number of rotatable bonds is 5. The van der Waals surface area contributed by atoms with Gasteiger partial charge in [0.15, 0.2) is 0 Å². The molecule has 1 heterocycles. The van der Waals surface area contributed by atoms with Gasteiger partial charge in [-0.15, -0.1) is 0 Å². The fourth-order valence-electron chi connectivity index (χ4n) is 1.94. The summed E-state index contributed by atoms with van der Waals surface area (Å²) in [5.41, 5.74) is 0.636. The van der Waals surface area contributed by atoms with Crippen molar-refractivity contribution >= 4 is 11.6 Å². The van der Waals surface area contributed by atoms with Gasteiger partial charge < -0.3 is 14.6 Å². The lowest BCUT2D eigenvalue weighted by atomic mass is 10.2. The van der Waals surface area contributed by atoms with Crippen molar-refractivity contribution in [2.45, 2.75) is 6.61 Å². The summed E-state index contributed by atoms with van der Waals surface area (Å²) in [6.45, 7) is 0.257. The van der Waals surface area contributed by atoms with Crippen molar-refractivity contribution in [1.82, 2.24) is 5.16 Å². The van der Waals surface area contributed by atoms with E-state index in [2.05, 4.69) is 10.5 Å². The molecule has 0 radical (unpaired) electrons. The van der Waals surface area contributed by atoms with Crippen LogP contribution >= 0.6 is 0 Å². The highest BCUT2D eigenvalue weighted by Gasteiger charge is 2.16. The number of hydrogen-bond acceptors (Lipinski definition) is 4. The van der Waals surface area contributed by atoms with E-state index < -0.39 is 17.5 Å². The van der Waals surface area contributed by atoms with E-state index in [-0.39, 0.29) is 23.9 Å². The zero-order valence-corrected chi connectivity index (χ0v) is 12.3. The van der Waals surface area contributed by atoms with Crippen LogP contribution in [0.25, 0.3) is 0 Å². The Labute approximate surface area is 135 Å². The van der Waals surface area contributed by atoms with Gasteiger partial charge in [-0.1, -0.05) is 30.3 Å². The number of carbonyl (C=O) groups is 1. The van der Waals surface area contributed by atoms with Crippen molar-refractivity contribution in [3.63, 3.8) is 0 Å². The molecule has 0 aliphatic heterocycles. The minimum Gasteiger partial charge on any atom is -0.471 e. The molecule has 7 heteroatoms. The number of halogens is 2. The first-order chi connectivity index (χ1) is 11.6. The Bertz CT molecular complexity index is 850. The molecule has 0 bridgehead atoms. The van der Waals surface area contributed by atoms with Crippen LogP contribution in [0.15, 0.2) is 59.1 Å². The fraction of sp³-hybridized carbons (Fsp3) is 0.0588. The minimum absolute atomic E-state index is 0.115. The lowest BCUT2D eigenvalue weighted by molar-refractivity contribution is 0.0987. The highest BCUT2D eigenvalue weighted by molar-refractivity contribution is 6.02. The van der Waals surface area contributed by atoms with Crippen LogP contribution in [0.5, 0.6) is 5.88 Å². The van der Waals surface area contributed by atoms with Gasteiger partial charge in [-0.25, -0.2) is 8.78 Å². The van der Waals surface area contributed by atoms with E-state index in [4.69, 9.17) is 9.26 Å². The maximum Gasteiger partial charge on any atom is 0.294 e. The molecule has 24 heavy (non-hydrogen) atoms. The SMILES string of the molecule is O=C(Nc1cc(F)ccc1F)c1cc(OCc2ccccc2)no1. The normalized spacial score (nSPS) is 10.4. The molecular formula is C17H12F2N2O3. The summed E-state index contributed by atoms with van der Waals surface area (Å²) in [6, 6.07) is 13.4. The van der Waals surface area contributed by atoms with E-state index in [1.54, 1.807) is 0 Å². The third kappa shape index (κ3) is 3.75. The average Bonchev–Trinajstić information content (AvgIpc) is 3.06. The molecule has 2 aromatic carbocycles. The number of hydrogen-bond donors (Lipinski definition) is 1. The van der Waals surface area contributed by atoms with E-state index in [0.717, 1.165) is 23.8 Å². The molecule has 0 atom stereocenters. The molecule has 3 rings (SSSR count). The summed E-state index contributed by atoms with van der Waals surface area (Å²) in [5.74, 6) is -2.26. The van der Waals surface area contributed by atoms with Crippen molar-refractivity contribution in [1.29, 1.82) is 0 Å². The molecule has 1 aromatic heterocycles. The summed E-state index contributed by atoms with van der Waals surface area (Å²) in [6.07, 6.45) is 0. The second kappa shape index (κ2) is 6.91. The van der Waals surface area contributed by atoms with Gasteiger partial charge in [-0.2, -0.15) is 0 Å². The van der Waals surface area contributed by atoms with Crippen molar-refractivity contribution in [3.05, 3.63) is 77.6 Å². The Morgan fingerprint density at radius 1 is 1.12 bits per heavy atom. The standard InChI is InChI=1S/C17H12F2N2O3/c18-12-6-7-13(19)14(8-12)20-17(22)15-9-16(21-24-15)23-10-11-4-2-1-3-5-11/h1-9H,10H2,(H,20,22). The summed E-state index contributed by atoms with van der Waals surface area (Å²) in [5, 5.41) is 5.82. The van der Waals surface area contributed by atoms with Crippen LogP contribution < -0.4 is 10.1 Å². The third-order valence-corrected chi connectivity index (χ3v) is 3.12. The number of nitrogens with one attached hydrogen (secondary N) is 1. The number of nitrogens with zero attached hydrogens (tertiary/aromatic N) is 1. The zero-order chi connectivity index (χ0) is 16.9. The molecule has 0 fully saturated rings. The topological polar surface area (TPSA) is 64.4 Å². The van der Waals surface area contributed by atoms with Crippen LogP contribution in [-0.2, 0) is 6.61 Å². The quantitative estimate of drug-likeness (QED) is 0.773. The first-order valence-corrected chi connectivity index (χ1v) is 7.01. The number of aromatic nitrogens is 1. The Morgan fingerprint density at radius 2 is 1.92 bits per heavy atom. The van der Waals surface area contributed by atoms with Gasteiger partial charge >= 0.3 is 0 Å². The number of anilines is 1. The average molecular weight is 330 g/mol. The van der Waals surface area contributed by atoms with Crippen molar-refractivity contribution < 1.29 is 22.8 Å². The summed E-state index contributed by atoms with van der Waals surface area (Å²) < 4.78 is 36.8. The molecular weight excluding hydrogens is 318 g/mol. The van der Waals surface area contributed by atoms with Gasteiger partial charge in [-0.05, 0) is 22.9 Å². The van der Waals surface area contributed by atoms with Crippen molar-refractivity contribution in [3.8, 4) is 5.88 Å². The predicted molar refractivity (Wildman–Crippen MR) is 81.6 cm³/mol. The van der Waals surface area contributed by atoms with Gasteiger partial charge in [0.25, 0.3) is 11.8 Å². The van der Waals surface area contributed by atoms with Gasteiger partial charge in [0.1, 0.15) is 18.2 Å². The Kier molecular flexibility index (Phi) is 4.51. The van der Waals surface area contributed by atoms with Crippen LogP contribution in [0.3, 0.4) is 0 Å². The summed E-state index contributed by atoms with van der Waals surface area (Å²) in [4.78, 5) is 12.0. The molecule has 122 valence electrons. The number of carbonyl (C=O) groups excluding carboxylic acids is 1. The number of benzene rings is 2. The maximum absolute atomic E-state index is 13.5. The van der Waals surface area contributed by atoms with E-state index >= 15 is 0 Å². The molecule has 3 aromatic rings. The Hall–Kier alpha value is -3.22. The minimum atomic E-state index is -0.762. The molecule has 0 saturated carbocycles. The maximum atomic E-state index is 13.5. The molecule has 0 aliphatic carbocycles. The van der Waals surface area contributed by atoms with Crippen LogP contribution in [0.2, 0.25) is 0 Å². The highest BCUT2D eigenvalue weighted by atomic mass is 19.1. The summed E-state index contributed by atoms with van der Waals surface area (Å²) >= 11 is 0. The molecule has 0 spiro atoms. The number of ether oxygens (including phenoxy) is 1. The van der Waals surface area contributed by atoms with Gasteiger partial charge in [0.2, 0.25) is 5.76 Å². The second-order valence-electron chi connectivity index (χ2n) is 4.88. The molecule has 5 nitrogen and oxygen atoms in total. The largest absolute Gasteiger partial charge is 0.471 e. The molecule has 1 N–H and O–H groups in total. The second-order valence-corrected chi connectivity index (χ2v) is 4.88. The monoisotopic (exact) mass is 330 g/mol. The zero-order valence-electron chi connectivity index (χ0n) is 12.3. The highest BCUT2D eigenvalue weighted by Crippen LogP contribution is 2.18. The molecule has 0 saturated heterocycles. The smallest absolute Gasteiger partial charge is 0.294 e. The lowest BCUT2D eigenvalue weighted by Gasteiger charge is -2.03. The van der Waals surface area contributed by atoms with E-state index in [0.29, 0.717) is 0 Å². The molecule has 0 aliphatic rings. The Morgan fingerprint density at radius 3 is 2.71 bits per heavy atom. The first-order valence-electron chi connectivity index (χ1n) is 7.01. The van der Waals surface area contributed by atoms with E-state index in [9.17, 15) is 13.6 Å². The molecule has 0 unspecified atom stereocenters. The van der Waals surface area contributed by atoms with Crippen LogP contribution in [0.4, 0.5) is 14.5 Å². The third-order valence-electron chi connectivity index (χ3n) is 3.12. The van der Waals surface area contributed by atoms with Crippen LogP contribution in [0.1, 0.15) is 16.1 Å². The van der Waals surface area contributed by atoms with Gasteiger partial charge in [-0.3, -0.25) is 4.79 Å². The van der Waals surface area contributed by atoms with Crippen molar-refractivity contribution in [2.24, 2.45) is 0 Å². The van der Waals surface area contributed by atoms with E-state index in [1.807, 2.05) is 30.3 Å². The van der Waals surface area contributed by atoms with E-state index in [1.165, 1.54) is 6.07 Å². The Balaban J connectivity index is 1.64. The first kappa shape index (κ1) is 15.7. The van der Waals surface area contributed by atoms with Gasteiger partial charge in [0.05, 0.1) is 11.8 Å². The van der Waals surface area contributed by atoms with Crippen molar-refractivity contribution in [2.75, 3.05) is 5.32 Å². The predicted octanol–water partition coefficient (Wildman–Crippen LogP) is 3.78. The van der Waals surface area contributed by atoms with Gasteiger partial charge in [0, 0.05) is 6.07 Å². The molecule has 1 amide bonds. The van der Waals surface area contributed by atoms with Crippen LogP contribution in [0, 0.1) is 11.6 Å². The number of amides is 1. The van der Waals surface area contributed by atoms with Crippen LogP contribution in [-0.4, -0.2) is 11.1 Å². The summed E-state index contributed by atoms with van der Waals surface area (Å²) in [7, 11) is 0.